The van der Waals surface area contributed by atoms with Crippen LogP contribution in [0.15, 0.2) is 30.3 Å². The van der Waals surface area contributed by atoms with E-state index in [2.05, 4.69) is 17.1 Å². The van der Waals surface area contributed by atoms with Gasteiger partial charge in [0.2, 0.25) is 0 Å². The Labute approximate surface area is 115 Å². The zero-order valence-corrected chi connectivity index (χ0v) is 11.4. The second-order valence-corrected chi connectivity index (χ2v) is 6.05. The normalized spacial score (nSPS) is 22.3. The molecule has 1 aromatic carbocycles. The van der Waals surface area contributed by atoms with Crippen molar-refractivity contribution >= 4 is 33.2 Å². The summed E-state index contributed by atoms with van der Waals surface area (Å²) in [5, 5.41) is 1.04. The Bertz CT molecular complexity index is 673. The number of carbonyl (C=O) groups excluding carboxylic acids is 1. The van der Waals surface area contributed by atoms with Crippen molar-refractivity contribution in [2.24, 2.45) is 0 Å². The Morgan fingerprint density at radius 3 is 3.00 bits per heavy atom. The number of carbonyl (C=O) groups is 1. The molecule has 3 heterocycles. The lowest BCUT2D eigenvalue weighted by atomic mass is 10.1. The van der Waals surface area contributed by atoms with Crippen LogP contribution in [0.5, 0.6) is 0 Å². The summed E-state index contributed by atoms with van der Waals surface area (Å²) in [5.41, 5.74) is 2.21. The maximum Gasteiger partial charge on any atom is 0.320 e. The minimum atomic E-state index is 0.123. The van der Waals surface area contributed by atoms with Gasteiger partial charge in [0.1, 0.15) is 5.01 Å². The molecule has 0 aliphatic carbocycles. The van der Waals surface area contributed by atoms with Crippen molar-refractivity contribution in [2.75, 3.05) is 20.1 Å². The molecular formula is C14H13N3OS. The highest BCUT2D eigenvalue weighted by molar-refractivity contribution is 7.19. The van der Waals surface area contributed by atoms with Gasteiger partial charge >= 0.3 is 6.03 Å². The van der Waals surface area contributed by atoms with Gasteiger partial charge in [-0.15, -0.1) is 11.3 Å². The Morgan fingerprint density at radius 1 is 1.37 bits per heavy atom. The third-order valence-corrected chi connectivity index (χ3v) is 4.91. The van der Waals surface area contributed by atoms with E-state index in [0.29, 0.717) is 6.54 Å². The van der Waals surface area contributed by atoms with E-state index in [1.807, 2.05) is 30.1 Å². The molecule has 2 aromatic rings. The number of amides is 2. The third-order valence-electron chi connectivity index (χ3n) is 3.80. The van der Waals surface area contributed by atoms with Gasteiger partial charge < -0.3 is 9.80 Å². The standard InChI is InChI=1S/C14H13N3OS/c1-16-10-6-9(7-17(8-10)14(16)18)13-15-11-4-2-3-5-12(11)19-13/h2-6,10H,7-8H2,1H3. The first-order valence-corrected chi connectivity index (χ1v) is 7.12. The number of hydrogen-bond acceptors (Lipinski definition) is 3. The van der Waals surface area contributed by atoms with E-state index in [4.69, 9.17) is 0 Å². The lowest BCUT2D eigenvalue weighted by Crippen LogP contribution is -2.30. The predicted octanol–water partition coefficient (Wildman–Crippen LogP) is 2.43. The number of rotatable bonds is 1. The van der Waals surface area contributed by atoms with Crippen molar-refractivity contribution in [1.29, 1.82) is 0 Å². The van der Waals surface area contributed by atoms with E-state index < -0.39 is 0 Å². The molecule has 2 amide bonds. The Balaban J connectivity index is 1.77. The first-order valence-electron chi connectivity index (χ1n) is 6.31. The third kappa shape index (κ3) is 1.58. The molecule has 1 fully saturated rings. The molecule has 0 spiro atoms. The van der Waals surface area contributed by atoms with Gasteiger partial charge in [-0.3, -0.25) is 0 Å². The van der Waals surface area contributed by atoms with Gasteiger partial charge in [0.05, 0.1) is 22.8 Å². The minimum Gasteiger partial charge on any atom is -0.319 e. The van der Waals surface area contributed by atoms with Crippen molar-refractivity contribution in [1.82, 2.24) is 14.8 Å². The molecule has 1 unspecified atom stereocenters. The number of para-hydroxylation sites is 1. The summed E-state index contributed by atoms with van der Waals surface area (Å²) in [6, 6.07) is 8.48. The maximum absolute atomic E-state index is 11.9. The Kier molecular flexibility index (Phi) is 2.20. The van der Waals surface area contributed by atoms with Crippen LogP contribution in [0.2, 0.25) is 0 Å². The molecule has 0 saturated carbocycles. The Hall–Kier alpha value is -1.88. The van der Waals surface area contributed by atoms with Crippen LogP contribution in [-0.2, 0) is 0 Å². The highest BCUT2D eigenvalue weighted by atomic mass is 32.1. The van der Waals surface area contributed by atoms with Crippen molar-refractivity contribution < 1.29 is 4.79 Å². The fraction of sp³-hybridized carbons (Fsp3) is 0.286. The molecule has 4 nitrogen and oxygen atoms in total. The number of fused-ring (bicyclic) bond motifs is 3. The molecule has 5 heteroatoms. The topological polar surface area (TPSA) is 36.4 Å². The van der Waals surface area contributed by atoms with Crippen LogP contribution >= 0.6 is 11.3 Å². The number of hydrogen-bond donors (Lipinski definition) is 0. The molecule has 1 saturated heterocycles. The van der Waals surface area contributed by atoms with Crippen LogP contribution in [0.3, 0.4) is 0 Å². The number of nitrogens with zero attached hydrogens (tertiary/aromatic N) is 3. The van der Waals surface area contributed by atoms with E-state index in [9.17, 15) is 4.79 Å². The molecule has 0 N–H and O–H groups in total. The molecule has 1 atom stereocenters. The van der Waals surface area contributed by atoms with Crippen molar-refractivity contribution in [2.45, 2.75) is 6.04 Å². The number of aromatic nitrogens is 1. The lowest BCUT2D eigenvalue weighted by molar-refractivity contribution is 0.202. The summed E-state index contributed by atoms with van der Waals surface area (Å²) in [6.07, 6.45) is 2.19. The quantitative estimate of drug-likeness (QED) is 0.798. The van der Waals surface area contributed by atoms with Crippen molar-refractivity contribution in [3.05, 3.63) is 35.3 Å². The summed E-state index contributed by atoms with van der Waals surface area (Å²) >= 11 is 1.70. The number of benzene rings is 1. The van der Waals surface area contributed by atoms with Gasteiger partial charge in [0.25, 0.3) is 0 Å². The summed E-state index contributed by atoms with van der Waals surface area (Å²) in [7, 11) is 1.87. The van der Waals surface area contributed by atoms with Crippen LogP contribution in [-0.4, -0.2) is 47.0 Å². The van der Waals surface area contributed by atoms with Crippen molar-refractivity contribution in [3.63, 3.8) is 0 Å². The van der Waals surface area contributed by atoms with E-state index in [0.717, 1.165) is 17.1 Å². The fourth-order valence-electron chi connectivity index (χ4n) is 2.73. The zero-order valence-electron chi connectivity index (χ0n) is 10.5. The number of likely N-dealkylation sites (N-methyl/N-ethyl adjacent to an activating group) is 1. The van der Waals surface area contributed by atoms with E-state index in [1.165, 1.54) is 10.3 Å². The van der Waals surface area contributed by atoms with Crippen LogP contribution in [0, 0.1) is 0 Å². The van der Waals surface area contributed by atoms with E-state index >= 15 is 0 Å². The van der Waals surface area contributed by atoms with E-state index in [-0.39, 0.29) is 12.1 Å². The zero-order chi connectivity index (χ0) is 13.0. The molecule has 1 aromatic heterocycles. The number of thiazole rings is 1. The summed E-state index contributed by atoms with van der Waals surface area (Å²) < 4.78 is 1.20. The first-order chi connectivity index (χ1) is 9.22. The molecule has 4 rings (SSSR count). The molecular weight excluding hydrogens is 258 g/mol. The van der Waals surface area contributed by atoms with Gasteiger partial charge in [-0.05, 0) is 12.1 Å². The minimum absolute atomic E-state index is 0.123. The Morgan fingerprint density at radius 2 is 2.21 bits per heavy atom. The monoisotopic (exact) mass is 271 g/mol. The summed E-state index contributed by atoms with van der Waals surface area (Å²) in [5.74, 6) is 0. The van der Waals surface area contributed by atoms with Crippen LogP contribution in [0.4, 0.5) is 4.79 Å². The number of urea groups is 1. The molecule has 0 radical (unpaired) electrons. The van der Waals surface area contributed by atoms with Crippen molar-refractivity contribution in [3.8, 4) is 0 Å². The smallest absolute Gasteiger partial charge is 0.319 e. The van der Waals surface area contributed by atoms with Gasteiger partial charge in [-0.2, -0.15) is 0 Å². The highest BCUT2D eigenvalue weighted by Gasteiger charge is 2.37. The average molecular weight is 271 g/mol. The molecule has 96 valence electrons. The second kappa shape index (κ2) is 3.81. The SMILES string of the molecule is CN1C(=O)N2CC(c3nc4ccccc4s3)=CC1C2. The van der Waals surface area contributed by atoms with Gasteiger partial charge in [-0.1, -0.05) is 18.2 Å². The van der Waals surface area contributed by atoms with Crippen LogP contribution < -0.4 is 0 Å². The first kappa shape index (κ1) is 11.0. The second-order valence-electron chi connectivity index (χ2n) is 5.02. The predicted molar refractivity (Wildman–Crippen MR) is 76.1 cm³/mol. The molecule has 2 aliphatic heterocycles. The van der Waals surface area contributed by atoms with Crippen LogP contribution in [0.25, 0.3) is 15.8 Å². The lowest BCUT2D eigenvalue weighted by Gasteiger charge is -2.20. The maximum atomic E-state index is 11.9. The largest absolute Gasteiger partial charge is 0.320 e. The highest BCUT2D eigenvalue weighted by Crippen LogP contribution is 2.32. The van der Waals surface area contributed by atoms with Gasteiger partial charge in [-0.25, -0.2) is 9.78 Å². The van der Waals surface area contributed by atoms with E-state index in [1.54, 1.807) is 16.2 Å². The van der Waals surface area contributed by atoms with Gasteiger partial charge in [0.15, 0.2) is 0 Å². The summed E-state index contributed by atoms with van der Waals surface area (Å²) in [6.45, 7) is 1.49. The molecule has 2 aliphatic rings. The molecule has 2 bridgehead atoms. The molecule has 19 heavy (non-hydrogen) atoms. The fourth-order valence-corrected chi connectivity index (χ4v) is 3.71. The van der Waals surface area contributed by atoms with Gasteiger partial charge in [0, 0.05) is 19.2 Å². The average Bonchev–Trinajstić information content (AvgIpc) is 2.95. The van der Waals surface area contributed by atoms with Crippen LogP contribution in [0.1, 0.15) is 5.01 Å². The summed E-state index contributed by atoms with van der Waals surface area (Å²) in [4.78, 5) is 20.3.